The van der Waals surface area contributed by atoms with Gasteiger partial charge in [0.2, 0.25) is 15.9 Å². The number of sulfonamides is 1. The van der Waals surface area contributed by atoms with Crippen LogP contribution in [0.2, 0.25) is 0 Å². The molecule has 0 spiro atoms. The number of nitrogens with zero attached hydrogens (tertiary/aromatic N) is 1. The number of likely N-dealkylation sites (tertiary alicyclic amines) is 1. The van der Waals surface area contributed by atoms with Crippen LogP contribution in [0.3, 0.4) is 0 Å². The van der Waals surface area contributed by atoms with Gasteiger partial charge >= 0.3 is 0 Å². The Bertz CT molecular complexity index is 1020. The maximum atomic E-state index is 13.7. The molecule has 2 unspecified atom stereocenters. The van der Waals surface area contributed by atoms with Crippen LogP contribution in [-0.2, 0) is 14.8 Å². The van der Waals surface area contributed by atoms with E-state index in [-0.39, 0.29) is 22.5 Å². The number of carbonyl (C=O) groups excluding carboxylic acids is 1. The number of hydrogen-bond acceptors (Lipinski definition) is 4. The predicted octanol–water partition coefficient (Wildman–Crippen LogP) is 3.46. The van der Waals surface area contributed by atoms with Crippen LogP contribution in [0.15, 0.2) is 47.4 Å². The van der Waals surface area contributed by atoms with E-state index in [0.29, 0.717) is 24.3 Å². The van der Waals surface area contributed by atoms with Crippen molar-refractivity contribution in [1.29, 1.82) is 0 Å². The molecule has 3 rings (SSSR count). The largest absolute Gasteiger partial charge is 0.325 e. The van der Waals surface area contributed by atoms with E-state index in [1.807, 2.05) is 18.7 Å². The molecule has 1 saturated heterocycles. The van der Waals surface area contributed by atoms with Gasteiger partial charge in [-0.3, -0.25) is 9.69 Å². The van der Waals surface area contributed by atoms with E-state index >= 15 is 0 Å². The van der Waals surface area contributed by atoms with Crippen LogP contribution in [-0.4, -0.2) is 44.9 Å². The Morgan fingerprint density at radius 3 is 2.58 bits per heavy atom. The topological polar surface area (TPSA) is 78.5 Å². The number of nitrogens with one attached hydrogen (secondary N) is 2. The molecule has 1 heterocycles. The molecule has 0 aromatic heterocycles. The van der Waals surface area contributed by atoms with Gasteiger partial charge in [-0.25, -0.2) is 17.5 Å². The number of rotatable bonds is 7. The summed E-state index contributed by atoms with van der Waals surface area (Å²) in [6.45, 7) is 7.10. The molecule has 2 aromatic rings. The molecule has 0 saturated carbocycles. The van der Waals surface area contributed by atoms with Crippen LogP contribution in [0, 0.1) is 25.6 Å². The predicted molar refractivity (Wildman–Crippen MR) is 120 cm³/mol. The van der Waals surface area contributed by atoms with E-state index in [1.165, 1.54) is 6.07 Å². The maximum absolute atomic E-state index is 13.7. The number of carbonyl (C=O) groups is 1. The van der Waals surface area contributed by atoms with Crippen LogP contribution in [0.1, 0.15) is 30.9 Å². The summed E-state index contributed by atoms with van der Waals surface area (Å²) in [5, 5.41) is 2.77. The second kappa shape index (κ2) is 9.89. The molecule has 0 aliphatic carbocycles. The Hall–Kier alpha value is -2.29. The number of benzene rings is 2. The zero-order valence-corrected chi connectivity index (χ0v) is 19.0. The normalized spacial score (nSPS) is 18.5. The van der Waals surface area contributed by atoms with Gasteiger partial charge < -0.3 is 5.32 Å². The van der Waals surface area contributed by atoms with Crippen molar-refractivity contribution < 1.29 is 17.6 Å². The first kappa shape index (κ1) is 23.4. The highest BCUT2D eigenvalue weighted by atomic mass is 32.2. The third kappa shape index (κ3) is 6.12. The molecule has 0 radical (unpaired) electrons. The third-order valence-corrected chi connectivity index (χ3v) is 7.25. The van der Waals surface area contributed by atoms with E-state index in [2.05, 4.69) is 10.0 Å². The van der Waals surface area contributed by atoms with Gasteiger partial charge in [0, 0.05) is 18.8 Å². The summed E-state index contributed by atoms with van der Waals surface area (Å²) < 4.78 is 41.5. The summed E-state index contributed by atoms with van der Waals surface area (Å²) >= 11 is 0. The van der Waals surface area contributed by atoms with E-state index < -0.39 is 16.1 Å². The number of anilines is 1. The van der Waals surface area contributed by atoms with Gasteiger partial charge in [-0.2, -0.15) is 0 Å². The lowest BCUT2D eigenvalue weighted by atomic mass is 9.97. The number of aryl methyl sites for hydroxylation is 2. The van der Waals surface area contributed by atoms with Crippen molar-refractivity contribution in [3.8, 4) is 0 Å². The van der Waals surface area contributed by atoms with Crippen molar-refractivity contribution in [1.82, 2.24) is 9.62 Å². The molecule has 1 fully saturated rings. The zero-order valence-electron chi connectivity index (χ0n) is 18.2. The highest BCUT2D eigenvalue weighted by Crippen LogP contribution is 2.20. The third-order valence-electron chi connectivity index (χ3n) is 5.81. The minimum atomic E-state index is -3.56. The average Bonchev–Trinajstić information content (AvgIpc) is 2.75. The molecule has 1 aliphatic heterocycles. The minimum Gasteiger partial charge on any atom is -0.325 e. The summed E-state index contributed by atoms with van der Waals surface area (Å²) in [6, 6.07) is 11.0. The van der Waals surface area contributed by atoms with E-state index in [4.69, 9.17) is 0 Å². The van der Waals surface area contributed by atoms with Crippen molar-refractivity contribution >= 4 is 21.6 Å². The van der Waals surface area contributed by atoms with Crippen molar-refractivity contribution in [3.63, 3.8) is 0 Å². The van der Waals surface area contributed by atoms with E-state index in [1.54, 1.807) is 43.3 Å². The fourth-order valence-electron chi connectivity index (χ4n) is 3.73. The number of hydrogen-bond donors (Lipinski definition) is 2. The summed E-state index contributed by atoms with van der Waals surface area (Å²) in [5.74, 6) is -0.450. The molecule has 0 bridgehead atoms. The molecule has 2 N–H and O–H groups in total. The Morgan fingerprint density at radius 1 is 1.19 bits per heavy atom. The van der Waals surface area contributed by atoms with E-state index in [0.717, 1.165) is 24.9 Å². The highest BCUT2D eigenvalue weighted by molar-refractivity contribution is 7.89. The fourth-order valence-corrected chi connectivity index (χ4v) is 4.84. The standard InChI is InChI=1S/C23H30FN3O3S/c1-16-6-10-21(11-7-16)31(29,30)25-14-19-5-4-12-27(15-19)18(3)23(28)26-20-9-8-17(2)22(24)13-20/h6-11,13,18-19,25H,4-5,12,14-15H2,1-3H3,(H,26,28). The molecule has 2 aromatic carbocycles. The maximum Gasteiger partial charge on any atom is 0.241 e. The Kier molecular flexibility index (Phi) is 7.46. The minimum absolute atomic E-state index is 0.112. The summed E-state index contributed by atoms with van der Waals surface area (Å²) in [6.07, 6.45) is 1.78. The highest BCUT2D eigenvalue weighted by Gasteiger charge is 2.28. The van der Waals surface area contributed by atoms with Gasteiger partial charge in [-0.05, 0) is 75.9 Å². The summed E-state index contributed by atoms with van der Waals surface area (Å²) in [5.41, 5.74) is 1.96. The molecular weight excluding hydrogens is 417 g/mol. The Balaban J connectivity index is 1.56. The zero-order chi connectivity index (χ0) is 22.6. The second-order valence-electron chi connectivity index (χ2n) is 8.30. The van der Waals surface area contributed by atoms with Gasteiger partial charge in [0.15, 0.2) is 0 Å². The number of amides is 1. The molecular formula is C23H30FN3O3S. The first-order valence-corrected chi connectivity index (χ1v) is 12.0. The molecule has 168 valence electrons. The lowest BCUT2D eigenvalue weighted by Crippen LogP contribution is -2.48. The fraction of sp³-hybridized carbons (Fsp3) is 0.435. The van der Waals surface area contributed by atoms with Gasteiger partial charge in [0.05, 0.1) is 10.9 Å². The van der Waals surface area contributed by atoms with Crippen molar-refractivity contribution in [2.24, 2.45) is 5.92 Å². The second-order valence-corrected chi connectivity index (χ2v) is 10.1. The number of halogens is 1. The van der Waals surface area contributed by atoms with E-state index in [9.17, 15) is 17.6 Å². The van der Waals surface area contributed by atoms with Crippen LogP contribution < -0.4 is 10.0 Å². The summed E-state index contributed by atoms with van der Waals surface area (Å²) in [4.78, 5) is 15.0. The molecule has 31 heavy (non-hydrogen) atoms. The van der Waals surface area contributed by atoms with Gasteiger partial charge in [-0.15, -0.1) is 0 Å². The van der Waals surface area contributed by atoms with Crippen molar-refractivity contribution in [2.75, 3.05) is 25.0 Å². The lowest BCUT2D eigenvalue weighted by molar-refractivity contribution is -0.121. The van der Waals surface area contributed by atoms with Gasteiger partial charge in [0.1, 0.15) is 5.82 Å². The van der Waals surface area contributed by atoms with Crippen molar-refractivity contribution in [2.45, 2.75) is 44.6 Å². The van der Waals surface area contributed by atoms with Gasteiger partial charge in [-0.1, -0.05) is 23.8 Å². The van der Waals surface area contributed by atoms with Crippen molar-refractivity contribution in [3.05, 3.63) is 59.4 Å². The van der Waals surface area contributed by atoms with Crippen LogP contribution >= 0.6 is 0 Å². The summed E-state index contributed by atoms with van der Waals surface area (Å²) in [7, 11) is -3.56. The molecule has 2 atom stereocenters. The van der Waals surface area contributed by atoms with Crippen LogP contribution in [0.4, 0.5) is 10.1 Å². The van der Waals surface area contributed by atoms with Crippen LogP contribution in [0.25, 0.3) is 0 Å². The Morgan fingerprint density at radius 2 is 1.90 bits per heavy atom. The monoisotopic (exact) mass is 447 g/mol. The molecule has 8 heteroatoms. The molecule has 6 nitrogen and oxygen atoms in total. The first-order valence-electron chi connectivity index (χ1n) is 10.5. The quantitative estimate of drug-likeness (QED) is 0.681. The first-order chi connectivity index (χ1) is 14.7. The molecule has 1 amide bonds. The average molecular weight is 448 g/mol. The Labute approximate surface area is 183 Å². The number of piperidine rings is 1. The lowest BCUT2D eigenvalue weighted by Gasteiger charge is -2.36. The SMILES string of the molecule is Cc1ccc(S(=O)(=O)NCC2CCCN(C(C)C(=O)Nc3ccc(C)c(F)c3)C2)cc1. The molecule has 1 aliphatic rings. The smallest absolute Gasteiger partial charge is 0.241 e. The van der Waals surface area contributed by atoms with Crippen LogP contribution in [0.5, 0.6) is 0 Å². The van der Waals surface area contributed by atoms with Gasteiger partial charge in [0.25, 0.3) is 0 Å².